The third-order valence-electron chi connectivity index (χ3n) is 1.72. The highest BCUT2D eigenvalue weighted by molar-refractivity contribution is 5.68. The fourth-order valence-corrected chi connectivity index (χ4v) is 0.999. The van der Waals surface area contributed by atoms with E-state index in [0.717, 1.165) is 0 Å². The fraction of sp³-hybridized carbons (Fsp3) is 0.727. The number of ether oxygens (including phenoxy) is 1. The molecule has 88 valence electrons. The molecule has 0 aromatic rings. The summed E-state index contributed by atoms with van der Waals surface area (Å²) in [5, 5.41) is 12.1. The average Bonchev–Trinajstić information content (AvgIpc) is 1.98. The number of aliphatic hydroxyl groups is 1. The van der Waals surface area contributed by atoms with Crippen LogP contribution in [0.15, 0.2) is 12.2 Å². The van der Waals surface area contributed by atoms with Gasteiger partial charge in [0, 0.05) is 0 Å². The molecule has 0 spiro atoms. The molecule has 2 N–H and O–H groups in total. The van der Waals surface area contributed by atoms with Gasteiger partial charge in [-0.15, -0.1) is 0 Å². The molecule has 0 aromatic heterocycles. The van der Waals surface area contributed by atoms with Crippen LogP contribution in [-0.2, 0) is 4.74 Å². The van der Waals surface area contributed by atoms with Gasteiger partial charge in [0.15, 0.2) is 0 Å². The zero-order valence-corrected chi connectivity index (χ0v) is 10.1. The van der Waals surface area contributed by atoms with Crippen molar-refractivity contribution >= 4 is 6.09 Å². The maximum absolute atomic E-state index is 11.3. The van der Waals surface area contributed by atoms with Crippen molar-refractivity contribution in [1.29, 1.82) is 0 Å². The van der Waals surface area contributed by atoms with Gasteiger partial charge in [-0.2, -0.15) is 0 Å². The predicted octanol–water partition coefficient (Wildman–Crippen LogP) is 1.84. The normalized spacial score (nSPS) is 15.3. The summed E-state index contributed by atoms with van der Waals surface area (Å²) in [7, 11) is 0. The lowest BCUT2D eigenvalue weighted by Crippen LogP contribution is -2.43. The molecule has 0 aliphatic rings. The minimum absolute atomic E-state index is 0.405. The summed E-state index contributed by atoms with van der Waals surface area (Å²) in [4.78, 5) is 11.3. The van der Waals surface area contributed by atoms with Crippen LogP contribution in [0.3, 0.4) is 0 Å². The number of carbonyl (C=O) groups excluding carboxylic acids is 1. The Hall–Kier alpha value is -1.03. The lowest BCUT2D eigenvalue weighted by molar-refractivity contribution is 0.0460. The van der Waals surface area contributed by atoms with E-state index in [1.807, 2.05) is 0 Å². The van der Waals surface area contributed by atoms with Gasteiger partial charge < -0.3 is 15.2 Å². The third-order valence-corrected chi connectivity index (χ3v) is 1.72. The molecule has 0 rings (SSSR count). The number of rotatable bonds is 3. The largest absolute Gasteiger partial charge is 0.444 e. The number of alkyl carbamates (subject to hydrolysis) is 1. The summed E-state index contributed by atoms with van der Waals surface area (Å²) in [6.45, 7) is 12.4. The highest BCUT2D eigenvalue weighted by Gasteiger charge is 2.21. The van der Waals surface area contributed by atoms with Gasteiger partial charge in [-0.1, -0.05) is 12.2 Å². The van der Waals surface area contributed by atoms with Crippen LogP contribution in [0.1, 0.15) is 34.6 Å². The molecule has 4 nitrogen and oxygen atoms in total. The van der Waals surface area contributed by atoms with Crippen molar-refractivity contribution in [2.75, 3.05) is 0 Å². The van der Waals surface area contributed by atoms with Crippen molar-refractivity contribution in [3.05, 3.63) is 12.2 Å². The van der Waals surface area contributed by atoms with Crippen LogP contribution in [0.2, 0.25) is 0 Å². The first kappa shape index (κ1) is 14.0. The predicted molar refractivity (Wildman–Crippen MR) is 59.7 cm³/mol. The molecule has 0 aliphatic heterocycles. The molecule has 0 radical (unpaired) electrons. The number of amides is 1. The average molecular weight is 215 g/mol. The first-order valence-corrected chi connectivity index (χ1v) is 4.96. The van der Waals surface area contributed by atoms with Gasteiger partial charge in [0.05, 0.1) is 12.1 Å². The van der Waals surface area contributed by atoms with Gasteiger partial charge >= 0.3 is 6.09 Å². The van der Waals surface area contributed by atoms with Crippen LogP contribution in [-0.4, -0.2) is 28.9 Å². The van der Waals surface area contributed by atoms with E-state index in [1.165, 1.54) is 0 Å². The zero-order valence-electron chi connectivity index (χ0n) is 10.1. The molecule has 0 saturated heterocycles. The van der Waals surface area contributed by atoms with Gasteiger partial charge in [0.1, 0.15) is 5.60 Å². The molecule has 0 fully saturated rings. The van der Waals surface area contributed by atoms with Crippen LogP contribution in [0.25, 0.3) is 0 Å². The lowest BCUT2D eigenvalue weighted by atomic mass is 10.1. The zero-order chi connectivity index (χ0) is 12.2. The fourth-order valence-electron chi connectivity index (χ4n) is 0.999. The van der Waals surface area contributed by atoms with Crippen molar-refractivity contribution in [2.24, 2.45) is 0 Å². The standard InChI is InChI=1S/C11H21NO3/c1-7(2)9(13)8(3)12-10(14)15-11(4,5)6/h8-9,13H,1H2,2-6H3,(H,12,14)/t8-,9?/m0/s1. The number of nitrogens with one attached hydrogen (secondary N) is 1. The van der Waals surface area contributed by atoms with Crippen LogP contribution >= 0.6 is 0 Å². The van der Waals surface area contributed by atoms with Crippen LogP contribution in [0, 0.1) is 0 Å². The number of hydrogen-bond acceptors (Lipinski definition) is 3. The topological polar surface area (TPSA) is 58.6 Å². The van der Waals surface area contributed by atoms with Crippen molar-refractivity contribution in [2.45, 2.75) is 52.4 Å². The second-order valence-corrected chi connectivity index (χ2v) is 4.73. The molecule has 4 heteroatoms. The van der Waals surface area contributed by atoms with E-state index in [9.17, 15) is 9.90 Å². The maximum atomic E-state index is 11.3. The van der Waals surface area contributed by atoms with Crippen LogP contribution in [0.4, 0.5) is 4.79 Å². The molecule has 15 heavy (non-hydrogen) atoms. The Bertz CT molecular complexity index is 243. The van der Waals surface area contributed by atoms with Gasteiger partial charge in [-0.3, -0.25) is 0 Å². The van der Waals surface area contributed by atoms with E-state index in [2.05, 4.69) is 11.9 Å². The van der Waals surface area contributed by atoms with Crippen molar-refractivity contribution in [3.8, 4) is 0 Å². The molecular formula is C11H21NO3. The Morgan fingerprint density at radius 2 is 1.93 bits per heavy atom. The van der Waals surface area contributed by atoms with E-state index in [1.54, 1.807) is 34.6 Å². The molecule has 0 heterocycles. The van der Waals surface area contributed by atoms with Crippen molar-refractivity contribution < 1.29 is 14.6 Å². The summed E-state index contributed by atoms with van der Waals surface area (Å²) in [5.41, 5.74) is 0.0800. The minimum Gasteiger partial charge on any atom is -0.444 e. The first-order valence-electron chi connectivity index (χ1n) is 4.96. The summed E-state index contributed by atoms with van der Waals surface area (Å²) in [6.07, 6.45) is -1.28. The van der Waals surface area contributed by atoms with Gasteiger partial charge in [-0.25, -0.2) is 4.79 Å². The Kier molecular flexibility index (Phi) is 4.81. The van der Waals surface area contributed by atoms with Gasteiger partial charge in [-0.05, 0) is 34.6 Å². The highest BCUT2D eigenvalue weighted by Crippen LogP contribution is 2.08. The van der Waals surface area contributed by atoms with E-state index in [4.69, 9.17) is 4.74 Å². The third kappa shape index (κ3) is 6.12. The Balaban J connectivity index is 4.13. The number of aliphatic hydroxyl groups excluding tert-OH is 1. The SMILES string of the molecule is C=C(C)C(O)[C@H](C)NC(=O)OC(C)(C)C. The Morgan fingerprint density at radius 3 is 2.27 bits per heavy atom. The van der Waals surface area contributed by atoms with Gasteiger partial charge in [0.2, 0.25) is 0 Å². The van der Waals surface area contributed by atoms with E-state index >= 15 is 0 Å². The van der Waals surface area contributed by atoms with E-state index < -0.39 is 23.8 Å². The van der Waals surface area contributed by atoms with E-state index in [-0.39, 0.29) is 0 Å². The second-order valence-electron chi connectivity index (χ2n) is 4.73. The van der Waals surface area contributed by atoms with Crippen LogP contribution < -0.4 is 5.32 Å². The van der Waals surface area contributed by atoms with Crippen molar-refractivity contribution in [1.82, 2.24) is 5.32 Å². The monoisotopic (exact) mass is 215 g/mol. The Labute approximate surface area is 91.3 Å². The number of hydrogen-bond donors (Lipinski definition) is 2. The molecule has 1 amide bonds. The maximum Gasteiger partial charge on any atom is 0.407 e. The Morgan fingerprint density at radius 1 is 1.47 bits per heavy atom. The molecule has 0 aliphatic carbocycles. The van der Waals surface area contributed by atoms with Crippen molar-refractivity contribution in [3.63, 3.8) is 0 Å². The highest BCUT2D eigenvalue weighted by atomic mass is 16.6. The quantitative estimate of drug-likeness (QED) is 0.706. The minimum atomic E-state index is -0.752. The molecular weight excluding hydrogens is 194 g/mol. The summed E-state index contributed by atoms with van der Waals surface area (Å²) < 4.78 is 5.05. The number of carbonyl (C=O) groups is 1. The molecule has 1 unspecified atom stereocenters. The molecule has 0 saturated carbocycles. The van der Waals surface area contributed by atoms with Crippen LogP contribution in [0.5, 0.6) is 0 Å². The van der Waals surface area contributed by atoms with E-state index in [0.29, 0.717) is 5.57 Å². The first-order chi connectivity index (χ1) is 6.63. The molecule has 2 atom stereocenters. The van der Waals surface area contributed by atoms with Gasteiger partial charge in [0.25, 0.3) is 0 Å². The molecule has 0 bridgehead atoms. The smallest absolute Gasteiger partial charge is 0.407 e. The second kappa shape index (κ2) is 5.16. The molecule has 0 aromatic carbocycles. The summed E-state index contributed by atoms with van der Waals surface area (Å²) >= 11 is 0. The summed E-state index contributed by atoms with van der Waals surface area (Å²) in [6, 6.07) is -0.405. The summed E-state index contributed by atoms with van der Waals surface area (Å²) in [5.74, 6) is 0. The lowest BCUT2D eigenvalue weighted by Gasteiger charge is -2.24.